The van der Waals surface area contributed by atoms with Gasteiger partial charge in [-0.05, 0) is 18.6 Å². The van der Waals surface area contributed by atoms with E-state index in [1.165, 1.54) is 24.4 Å². The number of ether oxygens (including phenoxy) is 1. The van der Waals surface area contributed by atoms with Crippen molar-refractivity contribution in [2.75, 3.05) is 0 Å². The molecule has 1 aromatic rings. The number of benzene rings is 1. The SMILES string of the molecule is CCC(N)(C(=O)Oc1ccc(C=NN)c(Cl)c1)C(=O)C(N)CC=O. The zero-order valence-electron chi connectivity index (χ0n) is 13.1. The molecular formula is C15H19ClN4O4. The first-order valence-corrected chi connectivity index (χ1v) is 7.45. The number of nitrogens with zero attached hydrogens (tertiary/aromatic N) is 1. The Morgan fingerprint density at radius 2 is 2.12 bits per heavy atom. The average molecular weight is 355 g/mol. The predicted octanol–water partition coefficient (Wildman–Crippen LogP) is 0.131. The summed E-state index contributed by atoms with van der Waals surface area (Å²) >= 11 is 6.00. The molecule has 0 fully saturated rings. The quantitative estimate of drug-likeness (QED) is 0.114. The summed E-state index contributed by atoms with van der Waals surface area (Å²) < 4.78 is 5.14. The Morgan fingerprint density at radius 3 is 2.62 bits per heavy atom. The lowest BCUT2D eigenvalue weighted by Gasteiger charge is -2.26. The Morgan fingerprint density at radius 1 is 1.46 bits per heavy atom. The second kappa shape index (κ2) is 8.53. The minimum absolute atomic E-state index is 0.0388. The van der Waals surface area contributed by atoms with Gasteiger partial charge in [0, 0.05) is 18.1 Å². The fourth-order valence-corrected chi connectivity index (χ4v) is 2.13. The standard InChI is InChI=1S/C15H19ClN4O4/c1-2-15(18,13(22)12(17)5-6-21)14(23)24-10-4-3-9(8-20-19)11(16)7-10/h3-4,6-8,12H,2,5,17-19H2,1H3. The van der Waals surface area contributed by atoms with Crippen LogP contribution in [0, 0.1) is 0 Å². The Labute approximate surface area is 144 Å². The molecule has 0 aliphatic rings. The van der Waals surface area contributed by atoms with Crippen molar-refractivity contribution in [1.82, 2.24) is 0 Å². The van der Waals surface area contributed by atoms with E-state index in [2.05, 4.69) is 5.10 Å². The normalized spacial score (nSPS) is 14.8. The molecule has 0 aliphatic heterocycles. The number of esters is 1. The second-order valence-corrected chi connectivity index (χ2v) is 5.46. The van der Waals surface area contributed by atoms with Crippen LogP contribution in [0.2, 0.25) is 5.02 Å². The molecule has 1 rings (SSSR count). The van der Waals surface area contributed by atoms with Crippen LogP contribution in [0.5, 0.6) is 5.75 Å². The molecule has 2 atom stereocenters. The van der Waals surface area contributed by atoms with Crippen molar-refractivity contribution in [3.8, 4) is 5.75 Å². The molecule has 6 N–H and O–H groups in total. The predicted molar refractivity (Wildman–Crippen MR) is 89.7 cm³/mol. The summed E-state index contributed by atoms with van der Waals surface area (Å²) in [5.41, 5.74) is 10.0. The van der Waals surface area contributed by atoms with Crippen molar-refractivity contribution < 1.29 is 19.1 Å². The van der Waals surface area contributed by atoms with E-state index in [1.807, 2.05) is 0 Å². The Kier molecular flexibility index (Phi) is 7.02. The topological polar surface area (TPSA) is 151 Å². The average Bonchev–Trinajstić information content (AvgIpc) is 2.56. The molecule has 0 saturated heterocycles. The number of carbonyl (C=O) groups excluding carboxylic acids is 3. The molecule has 0 aliphatic carbocycles. The minimum atomic E-state index is -1.95. The van der Waals surface area contributed by atoms with Gasteiger partial charge in [0.2, 0.25) is 0 Å². The van der Waals surface area contributed by atoms with Crippen LogP contribution in [0.1, 0.15) is 25.3 Å². The molecule has 130 valence electrons. The fraction of sp³-hybridized carbons (Fsp3) is 0.333. The third-order valence-electron chi connectivity index (χ3n) is 3.44. The van der Waals surface area contributed by atoms with E-state index in [4.69, 9.17) is 33.6 Å². The van der Waals surface area contributed by atoms with Crippen LogP contribution >= 0.6 is 11.6 Å². The fourth-order valence-electron chi connectivity index (χ4n) is 1.92. The lowest BCUT2D eigenvalue weighted by Crippen LogP contribution is -2.61. The molecule has 2 unspecified atom stereocenters. The summed E-state index contributed by atoms with van der Waals surface area (Å²) in [7, 11) is 0. The third-order valence-corrected chi connectivity index (χ3v) is 3.77. The van der Waals surface area contributed by atoms with Crippen molar-refractivity contribution in [3.63, 3.8) is 0 Å². The number of nitrogens with two attached hydrogens (primary N) is 3. The first-order chi connectivity index (χ1) is 11.3. The van der Waals surface area contributed by atoms with Crippen LogP contribution in [0.25, 0.3) is 0 Å². The largest absolute Gasteiger partial charge is 0.425 e. The van der Waals surface area contributed by atoms with Gasteiger partial charge in [0.05, 0.1) is 17.3 Å². The number of hydrogen-bond donors (Lipinski definition) is 3. The molecule has 8 nitrogen and oxygen atoms in total. The van der Waals surface area contributed by atoms with E-state index in [-0.39, 0.29) is 23.6 Å². The Bertz CT molecular complexity index is 665. The number of hydrogen-bond acceptors (Lipinski definition) is 8. The molecule has 0 saturated carbocycles. The summed E-state index contributed by atoms with van der Waals surface area (Å²) in [6.45, 7) is 1.54. The van der Waals surface area contributed by atoms with E-state index >= 15 is 0 Å². The molecular weight excluding hydrogens is 336 g/mol. The van der Waals surface area contributed by atoms with E-state index in [0.717, 1.165) is 0 Å². The summed E-state index contributed by atoms with van der Waals surface area (Å²) in [6.07, 6.45) is 1.55. The van der Waals surface area contributed by atoms with Gasteiger partial charge in [0.15, 0.2) is 11.3 Å². The highest BCUT2D eigenvalue weighted by molar-refractivity contribution is 6.33. The van der Waals surface area contributed by atoms with Crippen molar-refractivity contribution in [2.24, 2.45) is 22.4 Å². The molecule has 0 aromatic heterocycles. The van der Waals surface area contributed by atoms with Gasteiger partial charge < -0.3 is 26.8 Å². The van der Waals surface area contributed by atoms with Gasteiger partial charge >= 0.3 is 5.97 Å². The highest BCUT2D eigenvalue weighted by Gasteiger charge is 2.44. The highest BCUT2D eigenvalue weighted by atomic mass is 35.5. The number of Topliss-reactive ketones (excluding diaryl/α,β-unsaturated/α-hetero) is 1. The van der Waals surface area contributed by atoms with Crippen molar-refractivity contribution in [2.45, 2.75) is 31.3 Å². The molecule has 0 radical (unpaired) electrons. The van der Waals surface area contributed by atoms with Crippen LogP contribution in [0.3, 0.4) is 0 Å². The zero-order valence-corrected chi connectivity index (χ0v) is 13.8. The van der Waals surface area contributed by atoms with Gasteiger partial charge in [-0.25, -0.2) is 4.79 Å². The van der Waals surface area contributed by atoms with Crippen molar-refractivity contribution >= 4 is 35.9 Å². The first-order valence-electron chi connectivity index (χ1n) is 7.07. The maximum absolute atomic E-state index is 12.3. The molecule has 24 heavy (non-hydrogen) atoms. The van der Waals surface area contributed by atoms with Gasteiger partial charge in [-0.3, -0.25) is 4.79 Å². The number of ketones is 1. The maximum Gasteiger partial charge on any atom is 0.339 e. The number of carbonyl (C=O) groups is 3. The van der Waals surface area contributed by atoms with Crippen LogP contribution in [0.15, 0.2) is 23.3 Å². The summed E-state index contributed by atoms with van der Waals surface area (Å²) in [6, 6.07) is 3.17. The lowest BCUT2D eigenvalue weighted by atomic mass is 9.87. The monoisotopic (exact) mass is 354 g/mol. The summed E-state index contributed by atoms with van der Waals surface area (Å²) in [5, 5.41) is 3.59. The Hall–Kier alpha value is -2.29. The van der Waals surface area contributed by atoms with Gasteiger partial charge in [-0.15, -0.1) is 0 Å². The van der Waals surface area contributed by atoms with Gasteiger partial charge in [0.1, 0.15) is 12.0 Å². The minimum Gasteiger partial charge on any atom is -0.425 e. The van der Waals surface area contributed by atoms with E-state index < -0.39 is 23.3 Å². The molecule has 0 bridgehead atoms. The first kappa shape index (κ1) is 19.8. The molecule has 0 heterocycles. The maximum atomic E-state index is 12.3. The van der Waals surface area contributed by atoms with Crippen LogP contribution in [-0.4, -0.2) is 35.8 Å². The number of halogens is 1. The smallest absolute Gasteiger partial charge is 0.339 e. The number of hydrazone groups is 1. The second-order valence-electron chi connectivity index (χ2n) is 5.05. The Balaban J connectivity index is 3.00. The van der Waals surface area contributed by atoms with Gasteiger partial charge in [0.25, 0.3) is 0 Å². The third kappa shape index (κ3) is 4.38. The molecule has 1 aromatic carbocycles. The molecule has 0 spiro atoms. The van der Waals surface area contributed by atoms with E-state index in [0.29, 0.717) is 11.8 Å². The number of rotatable bonds is 8. The van der Waals surface area contributed by atoms with Crippen molar-refractivity contribution in [3.05, 3.63) is 28.8 Å². The summed E-state index contributed by atoms with van der Waals surface area (Å²) in [4.78, 5) is 35.1. The van der Waals surface area contributed by atoms with Crippen LogP contribution in [-0.2, 0) is 14.4 Å². The zero-order chi connectivity index (χ0) is 18.3. The van der Waals surface area contributed by atoms with Crippen LogP contribution < -0.4 is 22.0 Å². The lowest BCUT2D eigenvalue weighted by molar-refractivity contribution is -0.147. The molecule has 9 heteroatoms. The van der Waals surface area contributed by atoms with Gasteiger partial charge in [-0.1, -0.05) is 18.5 Å². The number of aldehydes is 1. The van der Waals surface area contributed by atoms with Crippen molar-refractivity contribution in [1.29, 1.82) is 0 Å². The van der Waals surface area contributed by atoms with Gasteiger partial charge in [-0.2, -0.15) is 5.10 Å². The molecule has 0 amide bonds. The van der Waals surface area contributed by atoms with E-state index in [9.17, 15) is 14.4 Å². The summed E-state index contributed by atoms with van der Waals surface area (Å²) in [5.74, 6) is 3.40. The van der Waals surface area contributed by atoms with Crippen LogP contribution in [0.4, 0.5) is 0 Å². The van der Waals surface area contributed by atoms with E-state index in [1.54, 1.807) is 6.92 Å². The highest BCUT2D eigenvalue weighted by Crippen LogP contribution is 2.23.